The third-order valence-corrected chi connectivity index (χ3v) is 5.74. The molecule has 12 heteroatoms. The lowest BCUT2D eigenvalue weighted by Crippen LogP contribution is -2.25. The fourth-order valence-electron chi connectivity index (χ4n) is 3.82. The van der Waals surface area contributed by atoms with Crippen molar-refractivity contribution >= 4 is 17.5 Å². The molecular formula is C27H23F2N9O. The van der Waals surface area contributed by atoms with E-state index in [2.05, 4.69) is 45.8 Å². The zero-order chi connectivity index (χ0) is 27.5. The van der Waals surface area contributed by atoms with E-state index in [1.54, 1.807) is 38.2 Å². The summed E-state index contributed by atoms with van der Waals surface area (Å²) < 4.78 is 28.5. The van der Waals surface area contributed by atoms with Gasteiger partial charge in [0.05, 0.1) is 11.9 Å². The van der Waals surface area contributed by atoms with Crippen LogP contribution in [0.5, 0.6) is 0 Å². The van der Waals surface area contributed by atoms with Crippen LogP contribution in [0.15, 0.2) is 55.0 Å². The topological polar surface area (TPSA) is 134 Å². The van der Waals surface area contributed by atoms with E-state index in [1.807, 2.05) is 13.0 Å². The van der Waals surface area contributed by atoms with Crippen molar-refractivity contribution in [2.45, 2.75) is 27.3 Å². The van der Waals surface area contributed by atoms with Crippen LogP contribution in [0.1, 0.15) is 33.1 Å². The van der Waals surface area contributed by atoms with Crippen LogP contribution in [-0.4, -0.2) is 41.0 Å². The summed E-state index contributed by atoms with van der Waals surface area (Å²) in [6.07, 6.45) is 4.05. The number of pyridine rings is 3. The lowest BCUT2D eigenvalue weighted by molar-refractivity contribution is 0.0941. The number of anilines is 2. The van der Waals surface area contributed by atoms with Gasteiger partial charge in [0.15, 0.2) is 23.2 Å². The number of nitrogens with zero attached hydrogens (tertiary/aromatic N) is 6. The van der Waals surface area contributed by atoms with Gasteiger partial charge in [-0.25, -0.2) is 23.7 Å². The Bertz CT molecular complexity index is 1670. The van der Waals surface area contributed by atoms with E-state index in [0.717, 1.165) is 11.9 Å². The van der Waals surface area contributed by atoms with Crippen LogP contribution in [-0.2, 0) is 6.54 Å². The Morgan fingerprint density at radius 2 is 1.77 bits per heavy atom. The summed E-state index contributed by atoms with van der Waals surface area (Å²) in [5.41, 5.74) is 3.94. The number of H-pyrrole nitrogens is 1. The van der Waals surface area contributed by atoms with Crippen LogP contribution in [0.3, 0.4) is 0 Å². The quantitative estimate of drug-likeness (QED) is 0.280. The average Bonchev–Trinajstić information content (AvgIpc) is 3.32. The number of aromatic amines is 1. The minimum atomic E-state index is -0.810. The first kappa shape index (κ1) is 25.5. The number of nitrogens with one attached hydrogen (secondary N) is 3. The van der Waals surface area contributed by atoms with Gasteiger partial charge in [-0.05, 0) is 44.5 Å². The van der Waals surface area contributed by atoms with Crippen molar-refractivity contribution in [1.29, 1.82) is 0 Å². The van der Waals surface area contributed by atoms with E-state index in [-0.39, 0.29) is 18.1 Å². The summed E-state index contributed by atoms with van der Waals surface area (Å²) in [6.45, 7) is 5.52. The van der Waals surface area contributed by atoms with Crippen LogP contribution in [0.4, 0.5) is 20.4 Å². The van der Waals surface area contributed by atoms with Gasteiger partial charge in [0, 0.05) is 59.3 Å². The fourth-order valence-corrected chi connectivity index (χ4v) is 3.82. The van der Waals surface area contributed by atoms with Gasteiger partial charge >= 0.3 is 0 Å². The molecule has 5 rings (SSSR count). The van der Waals surface area contributed by atoms with Gasteiger partial charge in [0.25, 0.3) is 5.91 Å². The molecule has 5 aromatic heterocycles. The summed E-state index contributed by atoms with van der Waals surface area (Å²) >= 11 is 0. The van der Waals surface area contributed by atoms with Crippen molar-refractivity contribution in [2.75, 3.05) is 5.32 Å². The number of rotatable bonds is 7. The number of hydrogen-bond acceptors (Lipinski definition) is 8. The molecule has 10 nitrogen and oxygen atoms in total. The molecule has 1 amide bonds. The van der Waals surface area contributed by atoms with E-state index in [1.165, 1.54) is 18.3 Å². The highest BCUT2D eigenvalue weighted by Crippen LogP contribution is 2.22. The third kappa shape index (κ3) is 5.90. The number of carbonyl (C=O) groups excluding carboxylic acids is 1. The van der Waals surface area contributed by atoms with Crippen molar-refractivity contribution in [3.05, 3.63) is 95.0 Å². The van der Waals surface area contributed by atoms with Gasteiger partial charge in [-0.3, -0.25) is 19.9 Å². The molecule has 0 aliphatic rings. The van der Waals surface area contributed by atoms with Gasteiger partial charge in [-0.15, -0.1) is 0 Å². The number of aromatic nitrogens is 7. The standard InChI is InChI=1S/C27H23F2N9O/c1-14-6-23(35-24-7-15(2)37-38-24)36-26(34-14)18-8-21(29)25(32-12-18)27(39)33-11-17-4-5-22(31-10-17)20-9-19(28)13-30-16(20)3/h4-10,12-13H,11H2,1-3H3,(H,33,39)(H2,34,35,36,37,38). The molecular weight excluding hydrogens is 504 g/mol. The maximum atomic E-state index is 14.9. The Balaban J connectivity index is 1.27. The number of amides is 1. The summed E-state index contributed by atoms with van der Waals surface area (Å²) in [7, 11) is 0. The average molecular weight is 528 g/mol. The second-order valence-corrected chi connectivity index (χ2v) is 8.85. The predicted octanol–water partition coefficient (Wildman–Crippen LogP) is 4.60. The van der Waals surface area contributed by atoms with Crippen molar-refractivity contribution < 1.29 is 13.6 Å². The van der Waals surface area contributed by atoms with E-state index >= 15 is 0 Å². The summed E-state index contributed by atoms with van der Waals surface area (Å²) in [4.78, 5) is 33.8. The molecule has 39 heavy (non-hydrogen) atoms. The van der Waals surface area contributed by atoms with Gasteiger partial charge in [0.2, 0.25) is 0 Å². The van der Waals surface area contributed by atoms with Gasteiger partial charge < -0.3 is 10.6 Å². The molecule has 0 radical (unpaired) electrons. The lowest BCUT2D eigenvalue weighted by atomic mass is 10.1. The first-order valence-corrected chi connectivity index (χ1v) is 11.9. The molecule has 5 heterocycles. The van der Waals surface area contributed by atoms with E-state index in [9.17, 15) is 13.6 Å². The Kier molecular flexibility index (Phi) is 7.00. The maximum absolute atomic E-state index is 14.9. The van der Waals surface area contributed by atoms with E-state index in [4.69, 9.17) is 0 Å². The summed E-state index contributed by atoms with van der Waals surface area (Å²) in [5.74, 6) is -0.638. The van der Waals surface area contributed by atoms with Gasteiger partial charge in [0.1, 0.15) is 11.6 Å². The molecule has 0 saturated heterocycles. The lowest BCUT2D eigenvalue weighted by Gasteiger charge is -2.09. The first-order chi connectivity index (χ1) is 18.7. The summed E-state index contributed by atoms with van der Waals surface area (Å²) in [5, 5.41) is 12.7. The normalized spacial score (nSPS) is 10.9. The van der Waals surface area contributed by atoms with Crippen LogP contribution < -0.4 is 10.6 Å². The van der Waals surface area contributed by atoms with Crippen LogP contribution in [0, 0.1) is 32.4 Å². The highest BCUT2D eigenvalue weighted by Gasteiger charge is 2.17. The largest absolute Gasteiger partial charge is 0.346 e. The van der Waals surface area contributed by atoms with Crippen molar-refractivity contribution in [3.8, 4) is 22.6 Å². The number of carbonyl (C=O) groups is 1. The Morgan fingerprint density at radius 3 is 2.49 bits per heavy atom. The Hall–Kier alpha value is -5.13. The molecule has 0 saturated carbocycles. The smallest absolute Gasteiger partial charge is 0.273 e. The number of aryl methyl sites for hydroxylation is 3. The Morgan fingerprint density at radius 1 is 0.923 bits per heavy atom. The molecule has 196 valence electrons. The number of hydrogen-bond donors (Lipinski definition) is 3. The maximum Gasteiger partial charge on any atom is 0.273 e. The van der Waals surface area contributed by atoms with Crippen LogP contribution >= 0.6 is 0 Å². The third-order valence-electron chi connectivity index (χ3n) is 5.74. The highest BCUT2D eigenvalue weighted by atomic mass is 19.1. The van der Waals surface area contributed by atoms with Crippen LogP contribution in [0.2, 0.25) is 0 Å². The van der Waals surface area contributed by atoms with Gasteiger partial charge in [-0.2, -0.15) is 5.10 Å². The molecule has 0 unspecified atom stereocenters. The second kappa shape index (κ2) is 10.7. The van der Waals surface area contributed by atoms with E-state index < -0.39 is 17.5 Å². The van der Waals surface area contributed by atoms with Gasteiger partial charge in [-0.1, -0.05) is 6.07 Å². The SMILES string of the molecule is Cc1cc(Nc2cc(C)[nH]n2)nc(-c2cnc(C(=O)NCc3ccc(-c4cc(F)cnc4C)nc3)c(F)c2)n1. The minimum Gasteiger partial charge on any atom is -0.346 e. The van der Waals surface area contributed by atoms with Crippen molar-refractivity contribution in [3.63, 3.8) is 0 Å². The van der Waals surface area contributed by atoms with E-state index in [0.29, 0.717) is 45.4 Å². The fraction of sp³-hybridized carbons (Fsp3) is 0.148. The molecule has 0 fully saturated rings. The molecule has 0 bridgehead atoms. The Labute approximate surface area is 222 Å². The zero-order valence-corrected chi connectivity index (χ0v) is 21.3. The first-order valence-electron chi connectivity index (χ1n) is 11.9. The highest BCUT2D eigenvalue weighted by molar-refractivity contribution is 5.92. The molecule has 0 atom stereocenters. The predicted molar refractivity (Wildman–Crippen MR) is 140 cm³/mol. The molecule has 0 aliphatic carbocycles. The molecule has 0 aliphatic heterocycles. The summed E-state index contributed by atoms with van der Waals surface area (Å²) in [6, 6.07) is 9.53. The van der Waals surface area contributed by atoms with Crippen LogP contribution in [0.25, 0.3) is 22.6 Å². The molecule has 5 aromatic rings. The molecule has 0 aromatic carbocycles. The van der Waals surface area contributed by atoms with Crippen molar-refractivity contribution in [1.82, 2.24) is 40.4 Å². The van der Waals surface area contributed by atoms with Crippen molar-refractivity contribution in [2.24, 2.45) is 0 Å². The second-order valence-electron chi connectivity index (χ2n) is 8.85. The molecule has 0 spiro atoms. The molecule has 3 N–H and O–H groups in total. The monoisotopic (exact) mass is 527 g/mol. The number of halogens is 2. The minimum absolute atomic E-state index is 0.0953. The zero-order valence-electron chi connectivity index (χ0n) is 21.3.